The second-order valence-electron chi connectivity index (χ2n) is 13.9. The molecule has 4 heterocycles. The van der Waals surface area contributed by atoms with Gasteiger partial charge in [0.2, 0.25) is 0 Å². The van der Waals surface area contributed by atoms with Gasteiger partial charge in [0.1, 0.15) is 17.1 Å². The molecule has 0 fully saturated rings. The summed E-state index contributed by atoms with van der Waals surface area (Å²) < 4.78 is 0. The van der Waals surface area contributed by atoms with E-state index in [1.165, 1.54) is 0 Å². The largest absolute Gasteiger partial charge is 0.228 e. The molecular formula is C51H33N9. The van der Waals surface area contributed by atoms with E-state index in [0.29, 0.717) is 52.0 Å². The molecule has 0 unspecified atom stereocenters. The average Bonchev–Trinajstić information content (AvgIpc) is 3.35. The quantitative estimate of drug-likeness (QED) is 0.141. The van der Waals surface area contributed by atoms with Gasteiger partial charge in [0.25, 0.3) is 0 Å². The summed E-state index contributed by atoms with van der Waals surface area (Å²) in [4.78, 5) is 45.8. The standard InChI is InChI=1S/C51H33N9/c1-7-19-34(20-8-1)40-31-43(55-46(52-40)37-25-13-4-14-26-37)49-58-50(44-32-41(35-21-9-2-10-22-35)53-47(56-44)38-27-15-5-16-28-38)60-51(59-49)45-33-42(36-23-11-3-12-24-36)54-48(57-45)39-29-17-6-18-30-39/h1-33H. The highest BCUT2D eigenvalue weighted by Gasteiger charge is 2.21. The van der Waals surface area contributed by atoms with E-state index in [0.717, 1.165) is 50.5 Å². The zero-order chi connectivity index (χ0) is 40.1. The molecule has 0 aliphatic rings. The lowest BCUT2D eigenvalue weighted by Gasteiger charge is -2.13. The molecule has 282 valence electrons. The molecule has 60 heavy (non-hydrogen) atoms. The van der Waals surface area contributed by atoms with Crippen molar-refractivity contribution in [3.05, 3.63) is 200 Å². The summed E-state index contributed by atoms with van der Waals surface area (Å²) in [5.74, 6) is 2.59. The Hall–Kier alpha value is -8.43. The summed E-state index contributed by atoms with van der Waals surface area (Å²) in [6.45, 7) is 0. The molecule has 0 amide bonds. The van der Waals surface area contributed by atoms with Gasteiger partial charge in [0.05, 0.1) is 17.1 Å². The van der Waals surface area contributed by atoms with Gasteiger partial charge in [-0.15, -0.1) is 0 Å². The lowest BCUT2D eigenvalue weighted by atomic mass is 10.1. The average molecular weight is 772 g/mol. The van der Waals surface area contributed by atoms with Gasteiger partial charge in [-0.2, -0.15) is 0 Å². The van der Waals surface area contributed by atoms with Crippen molar-refractivity contribution < 1.29 is 0 Å². The first-order valence-corrected chi connectivity index (χ1v) is 19.5. The molecule has 0 atom stereocenters. The number of hydrogen-bond acceptors (Lipinski definition) is 9. The van der Waals surface area contributed by atoms with Crippen molar-refractivity contribution in [3.8, 4) is 102 Å². The minimum Gasteiger partial charge on any atom is -0.228 e. The van der Waals surface area contributed by atoms with Gasteiger partial charge in [-0.05, 0) is 18.2 Å². The van der Waals surface area contributed by atoms with Gasteiger partial charge in [-0.25, -0.2) is 44.9 Å². The van der Waals surface area contributed by atoms with E-state index < -0.39 is 0 Å². The smallest absolute Gasteiger partial charge is 0.182 e. The van der Waals surface area contributed by atoms with E-state index in [-0.39, 0.29) is 0 Å². The molecular weight excluding hydrogens is 739 g/mol. The number of hydrogen-bond donors (Lipinski definition) is 0. The van der Waals surface area contributed by atoms with E-state index in [1.54, 1.807) is 0 Å². The van der Waals surface area contributed by atoms with Crippen LogP contribution in [0.2, 0.25) is 0 Å². The molecule has 0 aliphatic heterocycles. The van der Waals surface area contributed by atoms with E-state index in [4.69, 9.17) is 44.9 Å². The third-order valence-corrected chi connectivity index (χ3v) is 9.81. The highest BCUT2D eigenvalue weighted by Crippen LogP contribution is 2.32. The maximum Gasteiger partial charge on any atom is 0.182 e. The minimum atomic E-state index is 0.328. The van der Waals surface area contributed by atoms with Crippen LogP contribution in [-0.2, 0) is 0 Å². The molecule has 9 heteroatoms. The number of aromatic nitrogens is 9. The molecule has 0 bridgehead atoms. The summed E-state index contributed by atoms with van der Waals surface area (Å²) in [6, 6.07) is 65.5. The Kier molecular flexibility index (Phi) is 9.71. The first-order chi connectivity index (χ1) is 29.7. The van der Waals surface area contributed by atoms with Crippen molar-refractivity contribution in [1.82, 2.24) is 44.9 Å². The summed E-state index contributed by atoms with van der Waals surface area (Å²) in [6.07, 6.45) is 0. The van der Waals surface area contributed by atoms with Gasteiger partial charge >= 0.3 is 0 Å². The summed E-state index contributed by atoms with van der Waals surface area (Å²) in [7, 11) is 0. The van der Waals surface area contributed by atoms with E-state index in [2.05, 4.69) is 0 Å². The first kappa shape index (κ1) is 35.9. The second-order valence-corrected chi connectivity index (χ2v) is 13.9. The fraction of sp³-hybridized carbons (Fsp3) is 0. The SMILES string of the molecule is c1ccc(-c2cc(-c3nc(-c4cc(-c5ccccc5)nc(-c5ccccc5)n4)nc(-c4cc(-c5ccccc5)nc(-c5ccccc5)n4)n3)nc(-c3ccccc3)n2)cc1. The van der Waals surface area contributed by atoms with Crippen LogP contribution in [0.5, 0.6) is 0 Å². The lowest BCUT2D eigenvalue weighted by molar-refractivity contribution is 1.02. The van der Waals surface area contributed by atoms with Gasteiger partial charge in [-0.1, -0.05) is 182 Å². The fourth-order valence-corrected chi connectivity index (χ4v) is 6.82. The highest BCUT2D eigenvalue weighted by atomic mass is 15.1. The van der Waals surface area contributed by atoms with Crippen LogP contribution in [0.25, 0.3) is 102 Å². The molecule has 6 aromatic carbocycles. The highest BCUT2D eigenvalue weighted by molar-refractivity contribution is 5.75. The normalized spacial score (nSPS) is 11.0. The van der Waals surface area contributed by atoms with Crippen molar-refractivity contribution in [2.45, 2.75) is 0 Å². The topological polar surface area (TPSA) is 116 Å². The molecule has 0 spiro atoms. The Balaban J connectivity index is 1.24. The second kappa shape index (κ2) is 16.2. The number of nitrogens with zero attached hydrogens (tertiary/aromatic N) is 9. The van der Waals surface area contributed by atoms with Crippen molar-refractivity contribution in [1.29, 1.82) is 0 Å². The van der Waals surface area contributed by atoms with Crippen LogP contribution in [0, 0.1) is 0 Å². The molecule has 0 N–H and O–H groups in total. The van der Waals surface area contributed by atoms with Gasteiger partial charge in [0.15, 0.2) is 34.9 Å². The van der Waals surface area contributed by atoms with Crippen LogP contribution < -0.4 is 0 Å². The Morgan fingerprint density at radius 2 is 0.367 bits per heavy atom. The summed E-state index contributed by atoms with van der Waals surface area (Å²) in [5.41, 5.74) is 9.07. The van der Waals surface area contributed by atoms with E-state index in [1.807, 2.05) is 200 Å². The van der Waals surface area contributed by atoms with Gasteiger partial charge < -0.3 is 0 Å². The third-order valence-electron chi connectivity index (χ3n) is 9.81. The molecule has 9 nitrogen and oxygen atoms in total. The summed E-state index contributed by atoms with van der Waals surface area (Å²) in [5, 5.41) is 0. The zero-order valence-corrected chi connectivity index (χ0v) is 32.1. The molecule has 0 saturated carbocycles. The van der Waals surface area contributed by atoms with E-state index >= 15 is 0 Å². The van der Waals surface area contributed by atoms with Crippen LogP contribution >= 0.6 is 0 Å². The zero-order valence-electron chi connectivity index (χ0n) is 32.1. The molecule has 10 aromatic rings. The minimum absolute atomic E-state index is 0.328. The van der Waals surface area contributed by atoms with Crippen molar-refractivity contribution >= 4 is 0 Å². The number of rotatable bonds is 9. The molecule has 10 rings (SSSR count). The van der Waals surface area contributed by atoms with Crippen molar-refractivity contribution in [3.63, 3.8) is 0 Å². The monoisotopic (exact) mass is 771 g/mol. The Morgan fingerprint density at radius 3 is 0.600 bits per heavy atom. The molecule has 0 aliphatic carbocycles. The predicted octanol–water partition coefficient (Wildman–Crippen LogP) is 11.2. The van der Waals surface area contributed by atoms with Crippen LogP contribution in [-0.4, -0.2) is 44.9 Å². The Morgan fingerprint density at radius 1 is 0.167 bits per heavy atom. The fourth-order valence-electron chi connectivity index (χ4n) is 6.82. The predicted molar refractivity (Wildman–Crippen MR) is 236 cm³/mol. The molecule has 0 saturated heterocycles. The van der Waals surface area contributed by atoms with Gasteiger partial charge in [-0.3, -0.25) is 0 Å². The maximum absolute atomic E-state index is 5.15. The van der Waals surface area contributed by atoms with Crippen LogP contribution in [0.3, 0.4) is 0 Å². The van der Waals surface area contributed by atoms with Crippen molar-refractivity contribution in [2.75, 3.05) is 0 Å². The third kappa shape index (κ3) is 7.66. The summed E-state index contributed by atoms with van der Waals surface area (Å²) >= 11 is 0. The van der Waals surface area contributed by atoms with Gasteiger partial charge in [0, 0.05) is 33.4 Å². The van der Waals surface area contributed by atoms with Crippen molar-refractivity contribution in [2.24, 2.45) is 0 Å². The first-order valence-electron chi connectivity index (χ1n) is 19.5. The lowest BCUT2D eigenvalue weighted by Crippen LogP contribution is -2.06. The molecule has 4 aromatic heterocycles. The van der Waals surface area contributed by atoms with E-state index in [9.17, 15) is 0 Å². The maximum atomic E-state index is 5.15. The van der Waals surface area contributed by atoms with Crippen LogP contribution in [0.15, 0.2) is 200 Å². The Labute approximate surface area is 346 Å². The van der Waals surface area contributed by atoms with Crippen LogP contribution in [0.4, 0.5) is 0 Å². The molecule has 0 radical (unpaired) electrons. The Bertz CT molecular complexity index is 2540. The van der Waals surface area contributed by atoms with Crippen LogP contribution in [0.1, 0.15) is 0 Å². The number of benzene rings is 6.